The third kappa shape index (κ3) is 4.87. The standard InChI is InChI=1S/C37H59F3N2O6S/c1-21(2)32(43)42-15-16-46-31(20-42)48-29-11-12-35-24(5)36(35)14-13-33(6)28(27(36)10-9-26(35)23(29)4)18-30-34(33,7)22(3)17-25(47-30)19-41(8)49(44,45)37(38,39)40/h21-31H,9-20H2,1-8H3/t22-,23?,24?,25-,26+,27+,28?,29+,30-,31?,33+,34?,35-,36+/m1/s1. The molecule has 0 radical (unpaired) electrons. The Morgan fingerprint density at radius 1 is 1.00 bits per heavy atom. The van der Waals surface area contributed by atoms with Crippen LogP contribution in [0.2, 0.25) is 0 Å². The summed E-state index contributed by atoms with van der Waals surface area (Å²) in [5, 5.41) is 0. The topological polar surface area (TPSA) is 85.4 Å². The van der Waals surface area contributed by atoms with Crippen LogP contribution in [0, 0.1) is 63.1 Å². The van der Waals surface area contributed by atoms with Gasteiger partial charge in [-0.15, -0.1) is 0 Å². The first-order chi connectivity index (χ1) is 22.8. The average Bonchev–Trinajstić information content (AvgIpc) is 3.46. The van der Waals surface area contributed by atoms with E-state index < -0.39 is 21.6 Å². The molecule has 0 aromatic carbocycles. The molecule has 12 heteroatoms. The molecule has 5 unspecified atom stereocenters. The predicted octanol–water partition coefficient (Wildman–Crippen LogP) is 6.69. The SMILES string of the molecule is CC(C)C(=O)N1CCOC(O[C@H]2CC[C@]34C(C)[C@]35CC[C@@]3(C)C(C[C@H]6O[C@@H](CN(C)S(=O)(=O)C(F)(F)F)C[C@@H](C)C63C)[C@@H]5CC[C@H]4C2C)C1. The normalized spacial score (nSPS) is 49.5. The van der Waals surface area contributed by atoms with Crippen LogP contribution in [0.3, 0.4) is 0 Å². The molecule has 2 heterocycles. The molecule has 7 fully saturated rings. The number of hydrogen-bond acceptors (Lipinski definition) is 6. The lowest BCUT2D eigenvalue weighted by Crippen LogP contribution is -2.57. The second-order valence-electron chi connectivity index (χ2n) is 18.1. The molecule has 8 nitrogen and oxygen atoms in total. The van der Waals surface area contributed by atoms with Gasteiger partial charge in [-0.3, -0.25) is 4.79 Å². The Morgan fingerprint density at radius 3 is 2.35 bits per heavy atom. The van der Waals surface area contributed by atoms with Gasteiger partial charge in [0.1, 0.15) is 0 Å². The van der Waals surface area contributed by atoms with Crippen molar-refractivity contribution in [2.24, 2.45) is 63.1 Å². The first-order valence-corrected chi connectivity index (χ1v) is 20.4. The minimum Gasteiger partial charge on any atom is -0.373 e. The van der Waals surface area contributed by atoms with Crippen molar-refractivity contribution in [1.82, 2.24) is 9.21 Å². The number of rotatable bonds is 6. The summed E-state index contributed by atoms with van der Waals surface area (Å²) in [4.78, 5) is 14.6. The second kappa shape index (κ2) is 11.8. The molecule has 5 aliphatic carbocycles. The van der Waals surface area contributed by atoms with Crippen LogP contribution >= 0.6 is 0 Å². The number of morpholine rings is 1. The lowest BCUT2D eigenvalue weighted by atomic mass is 9.45. The van der Waals surface area contributed by atoms with Crippen molar-refractivity contribution in [3.63, 3.8) is 0 Å². The van der Waals surface area contributed by atoms with Crippen LogP contribution in [0.4, 0.5) is 13.2 Å². The van der Waals surface area contributed by atoms with Crippen LogP contribution in [0.15, 0.2) is 0 Å². The summed E-state index contributed by atoms with van der Waals surface area (Å²) in [6.07, 6.45) is 7.39. The maximum absolute atomic E-state index is 13.3. The van der Waals surface area contributed by atoms with Crippen LogP contribution in [-0.4, -0.2) is 86.9 Å². The van der Waals surface area contributed by atoms with Gasteiger partial charge in [0.15, 0.2) is 6.29 Å². The number of carbonyl (C=O) groups excluding carboxylic acids is 1. The first-order valence-electron chi connectivity index (χ1n) is 19.0. The fraction of sp³-hybridized carbons (Fsp3) is 0.973. The highest BCUT2D eigenvalue weighted by Gasteiger charge is 2.84. The monoisotopic (exact) mass is 716 g/mol. The lowest BCUT2D eigenvalue weighted by Gasteiger charge is -2.60. The van der Waals surface area contributed by atoms with Gasteiger partial charge in [-0.1, -0.05) is 48.5 Å². The summed E-state index contributed by atoms with van der Waals surface area (Å²) in [6.45, 7) is 17.2. The summed E-state index contributed by atoms with van der Waals surface area (Å²) in [5.41, 5.74) is -4.78. The molecule has 2 aliphatic heterocycles. The van der Waals surface area contributed by atoms with Gasteiger partial charge in [0.2, 0.25) is 5.91 Å². The van der Waals surface area contributed by atoms with E-state index >= 15 is 0 Å². The summed E-state index contributed by atoms with van der Waals surface area (Å²) in [7, 11) is -4.39. The minimum absolute atomic E-state index is 0.0429. The van der Waals surface area contributed by atoms with Gasteiger partial charge >= 0.3 is 15.5 Å². The zero-order valence-corrected chi connectivity index (χ0v) is 31.5. The van der Waals surface area contributed by atoms with E-state index in [1.54, 1.807) is 0 Å². The van der Waals surface area contributed by atoms with Crippen LogP contribution in [0.25, 0.3) is 0 Å². The number of halogens is 3. The minimum atomic E-state index is -5.40. The number of amides is 1. The molecule has 280 valence electrons. The molecule has 14 atom stereocenters. The molecule has 0 aromatic rings. The number of fused-ring (bicyclic) bond motifs is 4. The van der Waals surface area contributed by atoms with Crippen LogP contribution in [0.5, 0.6) is 0 Å². The fourth-order valence-corrected chi connectivity index (χ4v) is 14.6. The van der Waals surface area contributed by atoms with E-state index in [-0.39, 0.29) is 53.6 Å². The van der Waals surface area contributed by atoms with Crippen molar-refractivity contribution >= 4 is 15.9 Å². The zero-order valence-electron chi connectivity index (χ0n) is 30.7. The van der Waals surface area contributed by atoms with E-state index in [0.717, 1.165) is 32.7 Å². The van der Waals surface area contributed by atoms with E-state index in [0.29, 0.717) is 70.8 Å². The lowest BCUT2D eigenvalue weighted by molar-refractivity contribution is -0.228. The van der Waals surface area contributed by atoms with Gasteiger partial charge in [-0.25, -0.2) is 8.42 Å². The molecule has 1 amide bonds. The van der Waals surface area contributed by atoms with E-state index in [1.807, 2.05) is 18.7 Å². The first kappa shape index (κ1) is 36.4. The molecule has 7 rings (SSSR count). The summed E-state index contributed by atoms with van der Waals surface area (Å²) < 4.78 is 84.0. The Hall–Kier alpha value is -0.950. The van der Waals surface area contributed by atoms with Crippen molar-refractivity contribution in [3.05, 3.63) is 0 Å². The molecular formula is C37H59F3N2O6S. The third-order valence-electron chi connectivity index (χ3n) is 16.6. The third-order valence-corrected chi connectivity index (χ3v) is 18.1. The number of ether oxygens (including phenoxy) is 3. The molecule has 5 saturated carbocycles. The van der Waals surface area contributed by atoms with Crippen LogP contribution < -0.4 is 0 Å². The number of alkyl halides is 3. The Labute approximate surface area is 291 Å². The Balaban J connectivity index is 1.07. The summed E-state index contributed by atoms with van der Waals surface area (Å²) in [5.74, 6) is 3.00. The van der Waals surface area contributed by atoms with Gasteiger partial charge in [0.25, 0.3) is 0 Å². The molecule has 0 N–H and O–H groups in total. The van der Waals surface area contributed by atoms with Gasteiger partial charge < -0.3 is 19.1 Å². The molecule has 0 aromatic heterocycles. The average molecular weight is 717 g/mol. The Bertz CT molecular complexity index is 1430. The maximum atomic E-state index is 13.3. The molecule has 7 aliphatic rings. The van der Waals surface area contributed by atoms with Crippen LogP contribution in [0.1, 0.15) is 99.8 Å². The number of sulfonamides is 1. The quantitative estimate of drug-likeness (QED) is 0.305. The maximum Gasteiger partial charge on any atom is 0.511 e. The van der Waals surface area contributed by atoms with Crippen molar-refractivity contribution < 1.29 is 40.6 Å². The van der Waals surface area contributed by atoms with E-state index in [9.17, 15) is 26.4 Å². The molecule has 49 heavy (non-hydrogen) atoms. The number of likely N-dealkylation sites (N-methyl/N-ethyl adjacent to an activating group) is 1. The highest BCUT2D eigenvalue weighted by molar-refractivity contribution is 7.89. The van der Waals surface area contributed by atoms with Crippen molar-refractivity contribution in [1.29, 1.82) is 0 Å². The fourth-order valence-electron chi connectivity index (χ4n) is 13.9. The number of hydrogen-bond donors (Lipinski definition) is 0. The van der Waals surface area contributed by atoms with Gasteiger partial charge in [-0.05, 0) is 103 Å². The number of carbonyl (C=O) groups is 1. The largest absolute Gasteiger partial charge is 0.511 e. The van der Waals surface area contributed by atoms with Crippen molar-refractivity contribution in [2.45, 2.75) is 130 Å². The number of nitrogens with zero attached hydrogens (tertiary/aromatic N) is 2. The molecule has 0 bridgehead atoms. The van der Waals surface area contributed by atoms with Crippen LogP contribution in [-0.2, 0) is 29.0 Å². The highest BCUT2D eigenvalue weighted by Crippen LogP contribution is 2.89. The Kier molecular flexibility index (Phi) is 8.75. The van der Waals surface area contributed by atoms with Crippen molar-refractivity contribution in [3.8, 4) is 0 Å². The summed E-state index contributed by atoms with van der Waals surface area (Å²) in [6, 6.07) is 0. The Morgan fingerprint density at radius 2 is 1.67 bits per heavy atom. The molecule has 2 saturated heterocycles. The van der Waals surface area contributed by atoms with E-state index in [4.69, 9.17) is 14.2 Å². The van der Waals surface area contributed by atoms with Crippen molar-refractivity contribution in [2.75, 3.05) is 33.3 Å². The van der Waals surface area contributed by atoms with E-state index in [2.05, 4.69) is 34.6 Å². The molecule has 2 spiro atoms. The van der Waals surface area contributed by atoms with Gasteiger partial charge in [-0.2, -0.15) is 17.5 Å². The van der Waals surface area contributed by atoms with E-state index in [1.165, 1.54) is 19.3 Å². The second-order valence-corrected chi connectivity index (χ2v) is 20.1. The smallest absolute Gasteiger partial charge is 0.373 e. The zero-order chi connectivity index (χ0) is 35.7. The van der Waals surface area contributed by atoms with Gasteiger partial charge in [0.05, 0.1) is 31.5 Å². The summed E-state index contributed by atoms with van der Waals surface area (Å²) >= 11 is 0. The molecular weight excluding hydrogens is 657 g/mol. The highest BCUT2D eigenvalue weighted by atomic mass is 32.2. The predicted molar refractivity (Wildman–Crippen MR) is 178 cm³/mol. The van der Waals surface area contributed by atoms with Gasteiger partial charge in [0, 0.05) is 31.5 Å².